The summed E-state index contributed by atoms with van der Waals surface area (Å²) in [4.78, 5) is 16.8. The zero-order valence-corrected chi connectivity index (χ0v) is 14.7. The van der Waals surface area contributed by atoms with E-state index in [9.17, 15) is 4.79 Å². The van der Waals surface area contributed by atoms with Crippen molar-refractivity contribution in [1.82, 2.24) is 9.55 Å². The molecule has 0 radical (unpaired) electrons. The van der Waals surface area contributed by atoms with Gasteiger partial charge >= 0.3 is 0 Å². The van der Waals surface area contributed by atoms with E-state index in [1.54, 1.807) is 47.4 Å². The highest BCUT2D eigenvalue weighted by atomic mass is 16.5. The second-order valence-corrected chi connectivity index (χ2v) is 5.34. The number of hydrogen-bond donors (Lipinski definition) is 1. The van der Waals surface area contributed by atoms with Crippen LogP contribution < -0.4 is 19.5 Å². The van der Waals surface area contributed by atoms with E-state index in [1.807, 2.05) is 12.1 Å². The van der Waals surface area contributed by atoms with Crippen LogP contribution >= 0.6 is 0 Å². The Kier molecular flexibility index (Phi) is 5.07. The van der Waals surface area contributed by atoms with Crippen LogP contribution in [0.2, 0.25) is 0 Å². The number of rotatable bonds is 6. The maximum atomic E-state index is 12.8. The number of pyridine rings is 1. The van der Waals surface area contributed by atoms with Gasteiger partial charge in [-0.15, -0.1) is 0 Å². The number of carbonyl (C=O) groups is 1. The van der Waals surface area contributed by atoms with E-state index >= 15 is 0 Å². The van der Waals surface area contributed by atoms with E-state index in [2.05, 4.69) is 10.3 Å². The zero-order chi connectivity index (χ0) is 18.5. The highest BCUT2D eigenvalue weighted by molar-refractivity contribution is 6.04. The Morgan fingerprint density at radius 3 is 2.35 bits per heavy atom. The minimum atomic E-state index is -0.270. The molecule has 3 aromatic rings. The molecule has 2 aromatic heterocycles. The summed E-state index contributed by atoms with van der Waals surface area (Å²) < 4.78 is 17.7. The molecule has 7 nitrogen and oxygen atoms in total. The SMILES string of the molecule is COc1cc(NC(=O)c2cccn2-c2cccnc2)cc(OC)c1OC. The van der Waals surface area contributed by atoms with E-state index < -0.39 is 0 Å². The van der Waals surface area contributed by atoms with Crippen molar-refractivity contribution in [3.63, 3.8) is 0 Å². The van der Waals surface area contributed by atoms with Gasteiger partial charge in [0, 0.05) is 30.2 Å². The molecule has 0 spiro atoms. The molecule has 1 amide bonds. The van der Waals surface area contributed by atoms with Gasteiger partial charge in [-0.25, -0.2) is 0 Å². The average molecular weight is 353 g/mol. The van der Waals surface area contributed by atoms with E-state index in [-0.39, 0.29) is 5.91 Å². The van der Waals surface area contributed by atoms with Crippen molar-refractivity contribution < 1.29 is 19.0 Å². The zero-order valence-electron chi connectivity index (χ0n) is 14.7. The molecule has 0 unspecified atom stereocenters. The largest absolute Gasteiger partial charge is 0.493 e. The number of amides is 1. The predicted octanol–water partition coefficient (Wildman–Crippen LogP) is 3.15. The van der Waals surface area contributed by atoms with Crippen molar-refractivity contribution in [1.29, 1.82) is 0 Å². The Hall–Kier alpha value is -3.48. The summed E-state index contributed by atoms with van der Waals surface area (Å²) in [6.07, 6.45) is 5.18. The van der Waals surface area contributed by atoms with Gasteiger partial charge in [0.15, 0.2) is 11.5 Å². The van der Waals surface area contributed by atoms with Gasteiger partial charge in [-0.05, 0) is 24.3 Å². The van der Waals surface area contributed by atoms with Crippen LogP contribution in [0.5, 0.6) is 17.2 Å². The molecule has 0 saturated heterocycles. The van der Waals surface area contributed by atoms with E-state index in [0.29, 0.717) is 28.6 Å². The third-order valence-electron chi connectivity index (χ3n) is 3.83. The summed E-state index contributed by atoms with van der Waals surface area (Å²) in [6.45, 7) is 0. The summed E-state index contributed by atoms with van der Waals surface area (Å²) in [7, 11) is 4.58. The highest BCUT2D eigenvalue weighted by Gasteiger charge is 2.17. The molecule has 0 aliphatic rings. The lowest BCUT2D eigenvalue weighted by Gasteiger charge is -2.15. The molecule has 0 saturated carbocycles. The van der Waals surface area contributed by atoms with Gasteiger partial charge in [0.2, 0.25) is 5.75 Å². The number of aromatic nitrogens is 2. The topological polar surface area (TPSA) is 74.6 Å². The van der Waals surface area contributed by atoms with Gasteiger partial charge in [-0.3, -0.25) is 9.78 Å². The molecule has 3 rings (SSSR count). The quantitative estimate of drug-likeness (QED) is 0.737. The number of ether oxygens (including phenoxy) is 3. The van der Waals surface area contributed by atoms with Crippen LogP contribution in [0.25, 0.3) is 5.69 Å². The molecule has 1 N–H and O–H groups in total. The molecule has 7 heteroatoms. The second-order valence-electron chi connectivity index (χ2n) is 5.34. The maximum absolute atomic E-state index is 12.8. The predicted molar refractivity (Wildman–Crippen MR) is 97.6 cm³/mol. The van der Waals surface area contributed by atoms with E-state index in [1.165, 1.54) is 21.3 Å². The number of nitrogens with zero attached hydrogens (tertiary/aromatic N) is 2. The third kappa shape index (κ3) is 3.32. The van der Waals surface area contributed by atoms with Gasteiger partial charge in [-0.1, -0.05) is 0 Å². The Balaban J connectivity index is 1.91. The first-order valence-electron chi connectivity index (χ1n) is 7.87. The van der Waals surface area contributed by atoms with E-state index in [4.69, 9.17) is 14.2 Å². The molecule has 0 fully saturated rings. The first-order chi connectivity index (χ1) is 12.7. The Bertz CT molecular complexity index is 881. The lowest BCUT2D eigenvalue weighted by molar-refractivity contribution is 0.102. The molecule has 134 valence electrons. The van der Waals surface area contributed by atoms with Gasteiger partial charge in [0.1, 0.15) is 5.69 Å². The lowest BCUT2D eigenvalue weighted by atomic mass is 10.2. The van der Waals surface area contributed by atoms with Gasteiger partial charge in [0.05, 0.1) is 33.2 Å². The summed E-state index contributed by atoms with van der Waals surface area (Å²) in [5.41, 5.74) is 1.81. The molecular formula is C19H19N3O4. The minimum absolute atomic E-state index is 0.270. The fraction of sp³-hybridized carbons (Fsp3) is 0.158. The maximum Gasteiger partial charge on any atom is 0.272 e. The van der Waals surface area contributed by atoms with Crippen molar-refractivity contribution in [2.45, 2.75) is 0 Å². The fourth-order valence-corrected chi connectivity index (χ4v) is 2.64. The first-order valence-corrected chi connectivity index (χ1v) is 7.87. The molecule has 0 aliphatic carbocycles. The van der Waals surface area contributed by atoms with Crippen LogP contribution in [-0.2, 0) is 0 Å². The van der Waals surface area contributed by atoms with Gasteiger partial charge in [-0.2, -0.15) is 0 Å². The summed E-state index contributed by atoms with van der Waals surface area (Å²) in [6, 6.07) is 10.6. The Labute approximate surface area is 151 Å². The molecule has 2 heterocycles. The number of methoxy groups -OCH3 is 3. The number of nitrogens with one attached hydrogen (secondary N) is 1. The molecule has 1 aromatic carbocycles. The van der Waals surface area contributed by atoms with Crippen LogP contribution in [0, 0.1) is 0 Å². The summed E-state index contributed by atoms with van der Waals surface area (Å²) >= 11 is 0. The van der Waals surface area contributed by atoms with Crippen molar-refractivity contribution in [2.24, 2.45) is 0 Å². The third-order valence-corrected chi connectivity index (χ3v) is 3.83. The first kappa shape index (κ1) is 17.3. The number of benzene rings is 1. The average Bonchev–Trinajstić information content (AvgIpc) is 3.17. The molecule has 0 aliphatic heterocycles. The van der Waals surface area contributed by atoms with Crippen molar-refractivity contribution in [3.8, 4) is 22.9 Å². The Morgan fingerprint density at radius 2 is 1.77 bits per heavy atom. The van der Waals surface area contributed by atoms with Crippen molar-refractivity contribution in [2.75, 3.05) is 26.6 Å². The highest BCUT2D eigenvalue weighted by Crippen LogP contribution is 2.40. The molecular weight excluding hydrogens is 334 g/mol. The second kappa shape index (κ2) is 7.60. The normalized spacial score (nSPS) is 10.3. The van der Waals surface area contributed by atoms with Gasteiger partial charge in [0.25, 0.3) is 5.91 Å². The number of hydrogen-bond acceptors (Lipinski definition) is 5. The standard InChI is InChI=1S/C19H19N3O4/c1-24-16-10-13(11-17(25-2)18(16)26-3)21-19(23)15-7-5-9-22(15)14-6-4-8-20-12-14/h4-12H,1-3H3,(H,21,23). The van der Waals surface area contributed by atoms with Crippen LogP contribution in [0.3, 0.4) is 0 Å². The number of anilines is 1. The monoisotopic (exact) mass is 353 g/mol. The van der Waals surface area contributed by atoms with Crippen LogP contribution in [0.15, 0.2) is 55.0 Å². The molecule has 26 heavy (non-hydrogen) atoms. The smallest absolute Gasteiger partial charge is 0.272 e. The summed E-state index contributed by atoms with van der Waals surface area (Å²) in [5.74, 6) is 1.12. The molecule has 0 bridgehead atoms. The van der Waals surface area contributed by atoms with E-state index in [0.717, 1.165) is 5.69 Å². The summed E-state index contributed by atoms with van der Waals surface area (Å²) in [5, 5.41) is 2.86. The van der Waals surface area contributed by atoms with Crippen LogP contribution in [-0.4, -0.2) is 36.8 Å². The van der Waals surface area contributed by atoms with Crippen LogP contribution in [0.1, 0.15) is 10.5 Å². The lowest BCUT2D eigenvalue weighted by Crippen LogP contribution is -2.16. The molecule has 0 atom stereocenters. The Morgan fingerprint density at radius 1 is 1.04 bits per heavy atom. The minimum Gasteiger partial charge on any atom is -0.493 e. The van der Waals surface area contributed by atoms with Crippen LogP contribution in [0.4, 0.5) is 5.69 Å². The van der Waals surface area contributed by atoms with Crippen molar-refractivity contribution in [3.05, 3.63) is 60.7 Å². The van der Waals surface area contributed by atoms with Crippen molar-refractivity contribution >= 4 is 11.6 Å². The van der Waals surface area contributed by atoms with Gasteiger partial charge < -0.3 is 24.1 Å². The number of carbonyl (C=O) groups excluding carboxylic acids is 1. The fourth-order valence-electron chi connectivity index (χ4n) is 2.64.